The van der Waals surface area contributed by atoms with Gasteiger partial charge in [-0.25, -0.2) is 0 Å². The molecule has 102 valence electrons. The summed E-state index contributed by atoms with van der Waals surface area (Å²) in [5, 5.41) is 13.1. The molecule has 0 spiro atoms. The molecule has 0 aromatic heterocycles. The Labute approximate surface area is 121 Å². The van der Waals surface area contributed by atoms with Gasteiger partial charge in [-0.2, -0.15) is 11.8 Å². The van der Waals surface area contributed by atoms with Crippen LogP contribution in [0.4, 0.5) is 0 Å². The van der Waals surface area contributed by atoms with E-state index < -0.39 is 6.10 Å². The highest BCUT2D eigenvalue weighted by molar-refractivity contribution is 9.10. The highest BCUT2D eigenvalue weighted by Gasteiger charge is 2.07. The lowest BCUT2D eigenvalue weighted by Gasteiger charge is -2.17. The summed E-state index contributed by atoms with van der Waals surface area (Å²) in [6, 6.07) is 8.01. The van der Waals surface area contributed by atoms with E-state index in [0.717, 1.165) is 16.0 Å². The van der Waals surface area contributed by atoms with Gasteiger partial charge in [0.1, 0.15) is 18.5 Å². The third-order valence-corrected chi connectivity index (χ3v) is 3.68. The lowest BCUT2D eigenvalue weighted by molar-refractivity contribution is 0.105. The van der Waals surface area contributed by atoms with Gasteiger partial charge in [0.25, 0.3) is 0 Å². The fraction of sp³-hybridized carbons (Fsp3) is 0.538. The summed E-state index contributed by atoms with van der Waals surface area (Å²) < 4.78 is 6.49. The van der Waals surface area contributed by atoms with E-state index >= 15 is 0 Å². The Balaban J connectivity index is 2.22. The number of ether oxygens (including phenoxy) is 1. The lowest BCUT2D eigenvalue weighted by atomic mass is 10.3. The minimum atomic E-state index is -0.492. The standard InChI is InChI=1S/C13H20BrNO2S/c1-10(9-18-2)15-7-12(16)8-17-13-5-3-4-11(14)6-13/h3-6,10,12,15-16H,7-9H2,1-2H3. The molecule has 0 amide bonds. The molecule has 1 aromatic rings. The minimum Gasteiger partial charge on any atom is -0.491 e. The zero-order chi connectivity index (χ0) is 13.4. The van der Waals surface area contributed by atoms with Crippen LogP contribution in [0.15, 0.2) is 28.7 Å². The lowest BCUT2D eigenvalue weighted by Crippen LogP contribution is -2.37. The third kappa shape index (κ3) is 6.64. The first-order valence-electron chi connectivity index (χ1n) is 5.90. The highest BCUT2D eigenvalue weighted by Crippen LogP contribution is 2.17. The molecule has 2 unspecified atom stereocenters. The van der Waals surface area contributed by atoms with Crippen molar-refractivity contribution in [2.75, 3.05) is 25.2 Å². The van der Waals surface area contributed by atoms with E-state index in [-0.39, 0.29) is 0 Å². The highest BCUT2D eigenvalue weighted by atomic mass is 79.9. The Morgan fingerprint density at radius 1 is 1.50 bits per heavy atom. The summed E-state index contributed by atoms with van der Waals surface area (Å²) in [7, 11) is 0. The van der Waals surface area contributed by atoms with Crippen molar-refractivity contribution >= 4 is 27.7 Å². The molecule has 1 rings (SSSR count). The van der Waals surface area contributed by atoms with Crippen molar-refractivity contribution in [2.24, 2.45) is 0 Å². The first-order chi connectivity index (χ1) is 8.61. The Bertz CT molecular complexity index is 352. The fourth-order valence-electron chi connectivity index (χ4n) is 1.45. The van der Waals surface area contributed by atoms with Crippen LogP contribution in [0.3, 0.4) is 0 Å². The van der Waals surface area contributed by atoms with Crippen molar-refractivity contribution in [1.29, 1.82) is 0 Å². The number of aliphatic hydroxyl groups excluding tert-OH is 1. The van der Waals surface area contributed by atoms with Crippen LogP contribution in [0, 0.1) is 0 Å². The largest absolute Gasteiger partial charge is 0.491 e. The average molecular weight is 334 g/mol. The van der Waals surface area contributed by atoms with Crippen LogP contribution in [0.1, 0.15) is 6.92 Å². The summed E-state index contributed by atoms with van der Waals surface area (Å²) in [5.41, 5.74) is 0. The zero-order valence-electron chi connectivity index (χ0n) is 10.7. The Kier molecular flexibility index (Phi) is 7.74. The van der Waals surface area contributed by atoms with Gasteiger partial charge in [0.2, 0.25) is 0 Å². The van der Waals surface area contributed by atoms with Crippen molar-refractivity contribution in [3.8, 4) is 5.75 Å². The molecule has 0 aliphatic carbocycles. The molecule has 0 heterocycles. The maximum Gasteiger partial charge on any atom is 0.120 e. The SMILES string of the molecule is CSCC(C)NCC(O)COc1cccc(Br)c1. The van der Waals surface area contributed by atoms with Crippen LogP contribution in [-0.4, -0.2) is 42.4 Å². The predicted octanol–water partition coefficient (Wildman–Crippen LogP) is 2.53. The smallest absolute Gasteiger partial charge is 0.120 e. The van der Waals surface area contributed by atoms with Gasteiger partial charge in [0, 0.05) is 22.8 Å². The molecule has 0 radical (unpaired) electrons. The predicted molar refractivity (Wildman–Crippen MR) is 81.5 cm³/mol. The van der Waals surface area contributed by atoms with Crippen LogP contribution in [-0.2, 0) is 0 Å². The fourth-order valence-corrected chi connectivity index (χ4v) is 2.45. The molecule has 1 aromatic carbocycles. The van der Waals surface area contributed by atoms with E-state index in [4.69, 9.17) is 4.74 Å². The summed E-state index contributed by atoms with van der Waals surface area (Å²) in [6.45, 7) is 2.96. The summed E-state index contributed by atoms with van der Waals surface area (Å²) >= 11 is 5.17. The molecular weight excluding hydrogens is 314 g/mol. The van der Waals surface area contributed by atoms with Crippen molar-refractivity contribution in [1.82, 2.24) is 5.32 Å². The van der Waals surface area contributed by atoms with Gasteiger partial charge in [-0.1, -0.05) is 22.0 Å². The van der Waals surface area contributed by atoms with Crippen LogP contribution in [0.5, 0.6) is 5.75 Å². The molecule has 0 bridgehead atoms. The maximum absolute atomic E-state index is 9.79. The first kappa shape index (κ1) is 15.8. The molecule has 0 fully saturated rings. The zero-order valence-corrected chi connectivity index (χ0v) is 13.1. The molecule has 0 aliphatic heterocycles. The van der Waals surface area contributed by atoms with E-state index in [0.29, 0.717) is 19.2 Å². The van der Waals surface area contributed by atoms with Crippen molar-refractivity contribution < 1.29 is 9.84 Å². The van der Waals surface area contributed by atoms with Crippen molar-refractivity contribution in [3.63, 3.8) is 0 Å². The van der Waals surface area contributed by atoms with Gasteiger partial charge < -0.3 is 15.2 Å². The number of thioether (sulfide) groups is 1. The van der Waals surface area contributed by atoms with Crippen LogP contribution in [0.25, 0.3) is 0 Å². The van der Waals surface area contributed by atoms with Crippen molar-refractivity contribution in [3.05, 3.63) is 28.7 Å². The molecule has 0 saturated heterocycles. The van der Waals surface area contributed by atoms with E-state index in [9.17, 15) is 5.11 Å². The first-order valence-corrected chi connectivity index (χ1v) is 8.09. The van der Waals surface area contributed by atoms with Gasteiger partial charge in [-0.05, 0) is 31.4 Å². The minimum absolute atomic E-state index is 0.301. The number of rotatable bonds is 8. The Morgan fingerprint density at radius 2 is 2.28 bits per heavy atom. The molecule has 2 atom stereocenters. The second-order valence-electron chi connectivity index (χ2n) is 4.19. The van der Waals surface area contributed by atoms with E-state index in [2.05, 4.69) is 34.4 Å². The number of nitrogens with one attached hydrogen (secondary N) is 1. The molecule has 0 aliphatic rings. The van der Waals surface area contributed by atoms with Crippen LogP contribution >= 0.6 is 27.7 Å². The molecule has 3 nitrogen and oxygen atoms in total. The van der Waals surface area contributed by atoms with Crippen LogP contribution in [0.2, 0.25) is 0 Å². The number of hydrogen-bond acceptors (Lipinski definition) is 4. The Hall–Kier alpha value is -0.230. The molecular formula is C13H20BrNO2S. The second kappa shape index (κ2) is 8.80. The monoisotopic (exact) mass is 333 g/mol. The van der Waals surface area contributed by atoms with Gasteiger partial charge in [0.05, 0.1) is 0 Å². The number of halogens is 1. The van der Waals surface area contributed by atoms with Gasteiger partial charge in [-0.3, -0.25) is 0 Å². The van der Waals surface area contributed by atoms with Crippen LogP contribution < -0.4 is 10.1 Å². The van der Waals surface area contributed by atoms with E-state index in [1.807, 2.05) is 24.3 Å². The summed E-state index contributed by atoms with van der Waals surface area (Å²) in [5.74, 6) is 1.81. The maximum atomic E-state index is 9.79. The molecule has 2 N–H and O–H groups in total. The number of benzene rings is 1. The molecule has 18 heavy (non-hydrogen) atoms. The normalized spacial score (nSPS) is 14.2. The summed E-state index contributed by atoms with van der Waals surface area (Å²) in [6.07, 6.45) is 1.58. The molecule has 0 saturated carbocycles. The number of hydrogen-bond donors (Lipinski definition) is 2. The number of aliphatic hydroxyl groups is 1. The Morgan fingerprint density at radius 3 is 2.94 bits per heavy atom. The summed E-state index contributed by atoms with van der Waals surface area (Å²) in [4.78, 5) is 0. The van der Waals surface area contributed by atoms with E-state index in [1.165, 1.54) is 0 Å². The van der Waals surface area contributed by atoms with Gasteiger partial charge >= 0.3 is 0 Å². The average Bonchev–Trinajstić information content (AvgIpc) is 2.34. The quantitative estimate of drug-likeness (QED) is 0.767. The van der Waals surface area contributed by atoms with E-state index in [1.54, 1.807) is 11.8 Å². The molecule has 5 heteroatoms. The second-order valence-corrected chi connectivity index (χ2v) is 6.01. The van der Waals surface area contributed by atoms with Gasteiger partial charge in [-0.15, -0.1) is 0 Å². The van der Waals surface area contributed by atoms with Gasteiger partial charge in [0.15, 0.2) is 0 Å². The topological polar surface area (TPSA) is 41.5 Å². The third-order valence-electron chi connectivity index (χ3n) is 2.36. The van der Waals surface area contributed by atoms with Crippen molar-refractivity contribution in [2.45, 2.75) is 19.1 Å².